The van der Waals surface area contributed by atoms with Crippen molar-refractivity contribution in [3.05, 3.63) is 11.8 Å². The average molecular weight is 262 g/mol. The Morgan fingerprint density at radius 1 is 1.28 bits per heavy atom. The molecule has 1 N–H and O–H groups in total. The fourth-order valence-electron chi connectivity index (χ4n) is 1.74. The normalized spacial score (nSPS) is 14.9. The number of aliphatic hydroxyl groups is 1. The summed E-state index contributed by atoms with van der Waals surface area (Å²) in [6.07, 6.45) is -0.0205. The molecule has 0 saturated carbocycles. The van der Waals surface area contributed by atoms with E-state index in [9.17, 15) is 18.7 Å². The van der Waals surface area contributed by atoms with Crippen LogP contribution in [0.3, 0.4) is 0 Å². The van der Waals surface area contributed by atoms with Crippen LogP contribution in [0.2, 0.25) is 0 Å². The molecule has 0 saturated heterocycles. The summed E-state index contributed by atoms with van der Waals surface area (Å²) in [6, 6.07) is 0. The predicted octanol–water partition coefficient (Wildman–Crippen LogP) is 4.51. The summed E-state index contributed by atoms with van der Waals surface area (Å²) >= 11 is 0. The van der Waals surface area contributed by atoms with Crippen LogP contribution in [0.25, 0.3) is 0 Å². The van der Waals surface area contributed by atoms with Gasteiger partial charge in [-0.05, 0) is 19.3 Å². The molecular weight excluding hydrogens is 238 g/mol. The minimum Gasteiger partial charge on any atom is -0.512 e. The Labute approximate surface area is 108 Å². The Hall–Kier alpha value is -0.930. The second kappa shape index (κ2) is 7.49. The van der Waals surface area contributed by atoms with Gasteiger partial charge in [-0.1, -0.05) is 27.7 Å². The number of alkyl halides is 2. The average Bonchev–Trinajstić information content (AvgIpc) is 2.34. The summed E-state index contributed by atoms with van der Waals surface area (Å²) in [7, 11) is 0. The molecule has 0 aliphatic heterocycles. The van der Waals surface area contributed by atoms with E-state index in [0.717, 1.165) is 6.08 Å². The van der Waals surface area contributed by atoms with Crippen LogP contribution in [0.5, 0.6) is 0 Å². The molecule has 0 spiro atoms. The zero-order chi connectivity index (χ0) is 14.3. The Kier molecular flexibility index (Phi) is 7.11. The van der Waals surface area contributed by atoms with Crippen LogP contribution in [-0.4, -0.2) is 17.3 Å². The van der Waals surface area contributed by atoms with Crippen molar-refractivity contribution in [1.29, 1.82) is 0 Å². The van der Waals surface area contributed by atoms with Crippen LogP contribution in [0.15, 0.2) is 11.8 Å². The highest BCUT2D eigenvalue weighted by atomic mass is 19.3. The lowest BCUT2D eigenvalue weighted by atomic mass is 9.81. The zero-order valence-corrected chi connectivity index (χ0v) is 11.7. The number of rotatable bonds is 8. The second-order valence-corrected chi connectivity index (χ2v) is 4.93. The van der Waals surface area contributed by atoms with Crippen molar-refractivity contribution < 1.29 is 18.7 Å². The van der Waals surface area contributed by atoms with Crippen molar-refractivity contribution >= 4 is 5.78 Å². The van der Waals surface area contributed by atoms with E-state index in [1.165, 1.54) is 0 Å². The summed E-state index contributed by atoms with van der Waals surface area (Å²) in [6.45, 7) is 7.41. The van der Waals surface area contributed by atoms with E-state index >= 15 is 0 Å². The van der Waals surface area contributed by atoms with Gasteiger partial charge in [0.15, 0.2) is 5.78 Å². The monoisotopic (exact) mass is 262 g/mol. The SMILES string of the molecule is CCC(CC(F)F)C(=O)/C=C(\O)C(C)(CC)CC. The number of allylic oxidation sites excluding steroid dienone is 2. The summed E-state index contributed by atoms with van der Waals surface area (Å²) in [5.41, 5.74) is -0.446. The molecule has 0 bridgehead atoms. The van der Waals surface area contributed by atoms with Gasteiger partial charge in [-0.15, -0.1) is 0 Å². The molecule has 1 atom stereocenters. The smallest absolute Gasteiger partial charge is 0.239 e. The van der Waals surface area contributed by atoms with E-state index in [2.05, 4.69) is 0 Å². The lowest BCUT2D eigenvalue weighted by Gasteiger charge is -2.26. The molecule has 0 fully saturated rings. The van der Waals surface area contributed by atoms with E-state index in [1.807, 2.05) is 20.8 Å². The van der Waals surface area contributed by atoms with Gasteiger partial charge in [0.2, 0.25) is 6.43 Å². The van der Waals surface area contributed by atoms with Crippen LogP contribution in [0.1, 0.15) is 53.4 Å². The quantitative estimate of drug-likeness (QED) is 0.516. The molecule has 0 aliphatic carbocycles. The van der Waals surface area contributed by atoms with E-state index in [4.69, 9.17) is 0 Å². The van der Waals surface area contributed by atoms with Gasteiger partial charge in [0.05, 0.1) is 0 Å². The maximum absolute atomic E-state index is 12.3. The molecule has 4 heteroatoms. The van der Waals surface area contributed by atoms with Crippen molar-refractivity contribution in [3.63, 3.8) is 0 Å². The molecule has 0 amide bonds. The highest BCUT2D eigenvalue weighted by Gasteiger charge is 2.27. The largest absolute Gasteiger partial charge is 0.512 e. The molecule has 0 aromatic heterocycles. The molecule has 1 unspecified atom stereocenters. The minimum atomic E-state index is -2.49. The predicted molar refractivity (Wildman–Crippen MR) is 68.8 cm³/mol. The molecule has 0 radical (unpaired) electrons. The maximum atomic E-state index is 12.3. The van der Waals surface area contributed by atoms with Crippen LogP contribution in [0.4, 0.5) is 8.78 Å². The Balaban J connectivity index is 4.88. The first-order valence-corrected chi connectivity index (χ1v) is 6.53. The fourth-order valence-corrected chi connectivity index (χ4v) is 1.74. The molecule has 0 aromatic carbocycles. The Bertz CT molecular complexity index is 294. The van der Waals surface area contributed by atoms with Gasteiger partial charge < -0.3 is 5.11 Å². The fraction of sp³-hybridized carbons (Fsp3) is 0.786. The Morgan fingerprint density at radius 3 is 2.11 bits per heavy atom. The van der Waals surface area contributed by atoms with Crippen molar-refractivity contribution in [2.75, 3.05) is 0 Å². The van der Waals surface area contributed by atoms with Gasteiger partial charge >= 0.3 is 0 Å². The van der Waals surface area contributed by atoms with Crippen molar-refractivity contribution in [2.24, 2.45) is 11.3 Å². The van der Waals surface area contributed by atoms with Gasteiger partial charge in [-0.2, -0.15) is 0 Å². The number of ketones is 1. The molecule has 18 heavy (non-hydrogen) atoms. The van der Waals surface area contributed by atoms with E-state index in [1.54, 1.807) is 6.92 Å². The standard InChI is InChI=1S/C14H24F2O2/c1-5-10(8-13(15)16)11(17)9-12(18)14(4,6-2)7-3/h9-10,13,18H,5-8H2,1-4H3/b12-9-. The topological polar surface area (TPSA) is 37.3 Å². The van der Waals surface area contributed by atoms with Gasteiger partial charge in [-0.3, -0.25) is 4.79 Å². The third-order valence-corrected chi connectivity index (χ3v) is 3.82. The number of hydrogen-bond donors (Lipinski definition) is 1. The van der Waals surface area contributed by atoms with E-state index in [-0.39, 0.29) is 5.76 Å². The third kappa shape index (κ3) is 4.75. The van der Waals surface area contributed by atoms with Crippen molar-refractivity contribution in [1.82, 2.24) is 0 Å². The van der Waals surface area contributed by atoms with Crippen LogP contribution >= 0.6 is 0 Å². The summed E-state index contributed by atoms with van der Waals surface area (Å²) in [4.78, 5) is 11.8. The van der Waals surface area contributed by atoms with Crippen LogP contribution in [0, 0.1) is 11.3 Å². The van der Waals surface area contributed by atoms with Gasteiger partial charge in [0, 0.05) is 23.8 Å². The highest BCUT2D eigenvalue weighted by molar-refractivity contribution is 5.92. The first kappa shape index (κ1) is 17.1. The lowest BCUT2D eigenvalue weighted by molar-refractivity contribution is -0.119. The van der Waals surface area contributed by atoms with Gasteiger partial charge in [0.1, 0.15) is 5.76 Å². The molecule has 2 nitrogen and oxygen atoms in total. The highest BCUT2D eigenvalue weighted by Crippen LogP contribution is 2.33. The summed E-state index contributed by atoms with van der Waals surface area (Å²) in [5, 5.41) is 9.97. The summed E-state index contributed by atoms with van der Waals surface area (Å²) in [5.74, 6) is -1.10. The maximum Gasteiger partial charge on any atom is 0.239 e. The Morgan fingerprint density at radius 2 is 1.78 bits per heavy atom. The molecule has 0 heterocycles. The second-order valence-electron chi connectivity index (χ2n) is 4.93. The number of halogens is 2. The van der Waals surface area contributed by atoms with Crippen LogP contribution < -0.4 is 0 Å². The van der Waals surface area contributed by atoms with Gasteiger partial charge in [0.25, 0.3) is 0 Å². The zero-order valence-electron chi connectivity index (χ0n) is 11.7. The minimum absolute atomic E-state index is 0.00483. The molecule has 0 aromatic rings. The molecular formula is C14H24F2O2. The van der Waals surface area contributed by atoms with Gasteiger partial charge in [-0.25, -0.2) is 8.78 Å². The van der Waals surface area contributed by atoms with E-state index in [0.29, 0.717) is 19.3 Å². The molecule has 0 rings (SSSR count). The number of hydrogen-bond acceptors (Lipinski definition) is 2. The van der Waals surface area contributed by atoms with E-state index < -0.39 is 30.0 Å². The van der Waals surface area contributed by atoms with Crippen molar-refractivity contribution in [2.45, 2.75) is 59.8 Å². The summed E-state index contributed by atoms with van der Waals surface area (Å²) < 4.78 is 24.6. The van der Waals surface area contributed by atoms with Crippen molar-refractivity contribution in [3.8, 4) is 0 Å². The lowest BCUT2D eigenvalue weighted by Crippen LogP contribution is -2.21. The number of carbonyl (C=O) groups is 1. The first-order chi connectivity index (χ1) is 8.30. The third-order valence-electron chi connectivity index (χ3n) is 3.82. The number of aliphatic hydroxyl groups excluding tert-OH is 1. The molecule has 0 aliphatic rings. The molecule has 106 valence electrons. The first-order valence-electron chi connectivity index (χ1n) is 6.53. The van der Waals surface area contributed by atoms with Crippen LogP contribution in [-0.2, 0) is 4.79 Å². The number of carbonyl (C=O) groups excluding carboxylic acids is 1.